The lowest BCUT2D eigenvalue weighted by Gasteiger charge is -2.34. The van der Waals surface area contributed by atoms with Crippen LogP contribution in [-0.4, -0.2) is 40.3 Å². The number of aliphatic hydroxyl groups excluding tert-OH is 1. The molecular formula is C15H18O5. The molecule has 2 aliphatic carbocycles. The number of hydrogen-bond donors (Lipinski definition) is 2. The molecule has 5 nitrogen and oxygen atoms in total. The van der Waals surface area contributed by atoms with Gasteiger partial charge < -0.3 is 14.9 Å². The summed E-state index contributed by atoms with van der Waals surface area (Å²) in [5.41, 5.74) is -0.333. The van der Waals surface area contributed by atoms with E-state index in [4.69, 9.17) is 4.74 Å². The van der Waals surface area contributed by atoms with E-state index in [1.165, 1.54) is 0 Å². The SMILES string of the molecule is C=C1C(=O)O[C@@H]2C3C(C=O)=CCC3[C@](C)(O)C[C@H](O)[C@@H]12. The standard InChI is InChI=1S/C15H18O5/c1-7-11-10(17)5-15(2,19)9-4-3-8(6-16)12(9)13(11)20-14(7)18/h3,6,9-13,17,19H,1,4-5H2,2H3/t9?,10-,11+,12?,13-,15+/m0/s1. The topological polar surface area (TPSA) is 83.8 Å². The predicted octanol–water partition coefficient (Wildman–Crippen LogP) is 0.361. The molecule has 2 N–H and O–H groups in total. The zero-order valence-electron chi connectivity index (χ0n) is 11.3. The van der Waals surface area contributed by atoms with Gasteiger partial charge in [-0.25, -0.2) is 4.79 Å². The highest BCUT2D eigenvalue weighted by molar-refractivity contribution is 5.91. The maximum absolute atomic E-state index is 11.7. The van der Waals surface area contributed by atoms with Gasteiger partial charge in [-0.1, -0.05) is 12.7 Å². The third-order valence-electron chi connectivity index (χ3n) is 5.01. The molecule has 1 heterocycles. The molecule has 2 fully saturated rings. The van der Waals surface area contributed by atoms with Crippen LogP contribution in [0.25, 0.3) is 0 Å². The van der Waals surface area contributed by atoms with Gasteiger partial charge in [0.05, 0.1) is 17.6 Å². The van der Waals surface area contributed by atoms with Crippen LogP contribution in [-0.2, 0) is 14.3 Å². The minimum atomic E-state index is -1.11. The number of hydrogen-bond acceptors (Lipinski definition) is 5. The van der Waals surface area contributed by atoms with Crippen molar-refractivity contribution in [3.05, 3.63) is 23.8 Å². The highest BCUT2D eigenvalue weighted by Crippen LogP contribution is 2.51. The van der Waals surface area contributed by atoms with Gasteiger partial charge in [0.15, 0.2) is 0 Å². The summed E-state index contributed by atoms with van der Waals surface area (Å²) in [5, 5.41) is 21.0. The molecule has 0 aromatic rings. The summed E-state index contributed by atoms with van der Waals surface area (Å²) in [6.07, 6.45) is 1.73. The fourth-order valence-corrected chi connectivity index (χ4v) is 4.02. The van der Waals surface area contributed by atoms with E-state index in [9.17, 15) is 19.8 Å². The number of rotatable bonds is 1. The Morgan fingerprint density at radius 1 is 1.50 bits per heavy atom. The van der Waals surface area contributed by atoms with Gasteiger partial charge in [-0.2, -0.15) is 0 Å². The Balaban J connectivity index is 2.08. The van der Waals surface area contributed by atoms with Crippen LogP contribution in [0.5, 0.6) is 0 Å². The van der Waals surface area contributed by atoms with E-state index in [-0.39, 0.29) is 23.8 Å². The second-order valence-corrected chi connectivity index (χ2v) is 6.24. The van der Waals surface area contributed by atoms with Crippen molar-refractivity contribution in [3.63, 3.8) is 0 Å². The molecule has 3 rings (SSSR count). The van der Waals surface area contributed by atoms with E-state index in [0.29, 0.717) is 12.0 Å². The Hall–Kier alpha value is -1.46. The van der Waals surface area contributed by atoms with Gasteiger partial charge in [0.25, 0.3) is 0 Å². The van der Waals surface area contributed by atoms with Crippen molar-refractivity contribution in [1.82, 2.24) is 0 Å². The first-order valence-electron chi connectivity index (χ1n) is 6.82. The monoisotopic (exact) mass is 278 g/mol. The van der Waals surface area contributed by atoms with Gasteiger partial charge >= 0.3 is 5.97 Å². The van der Waals surface area contributed by atoms with E-state index in [1.807, 2.05) is 0 Å². The quantitative estimate of drug-likeness (QED) is 0.411. The summed E-state index contributed by atoms with van der Waals surface area (Å²) in [6.45, 7) is 5.37. The molecule has 1 aliphatic heterocycles. The fraction of sp³-hybridized carbons (Fsp3) is 0.600. The van der Waals surface area contributed by atoms with Crippen molar-refractivity contribution < 1.29 is 24.5 Å². The molecule has 20 heavy (non-hydrogen) atoms. The fourth-order valence-electron chi connectivity index (χ4n) is 4.02. The van der Waals surface area contributed by atoms with Gasteiger partial charge in [-0.3, -0.25) is 4.79 Å². The second-order valence-electron chi connectivity index (χ2n) is 6.24. The number of ether oxygens (including phenoxy) is 1. The van der Waals surface area contributed by atoms with Crippen LogP contribution in [0.15, 0.2) is 23.8 Å². The number of fused-ring (bicyclic) bond motifs is 3. The molecule has 0 amide bonds. The van der Waals surface area contributed by atoms with E-state index in [2.05, 4.69) is 6.58 Å². The Labute approximate surface area is 116 Å². The van der Waals surface area contributed by atoms with Gasteiger partial charge in [0, 0.05) is 23.8 Å². The third kappa shape index (κ3) is 1.70. The molecular weight excluding hydrogens is 260 g/mol. The summed E-state index contributed by atoms with van der Waals surface area (Å²) >= 11 is 0. The van der Waals surface area contributed by atoms with Gasteiger partial charge in [0.2, 0.25) is 0 Å². The minimum absolute atomic E-state index is 0.144. The number of carbonyl (C=O) groups excluding carboxylic acids is 2. The van der Waals surface area contributed by atoms with Crippen molar-refractivity contribution in [2.45, 2.75) is 37.6 Å². The predicted molar refractivity (Wildman–Crippen MR) is 69.5 cm³/mol. The number of aldehydes is 1. The van der Waals surface area contributed by atoms with Crippen LogP contribution >= 0.6 is 0 Å². The molecule has 0 aromatic heterocycles. The molecule has 0 radical (unpaired) electrons. The van der Waals surface area contributed by atoms with Crippen molar-refractivity contribution in [2.24, 2.45) is 17.8 Å². The number of carbonyl (C=O) groups is 2. The van der Waals surface area contributed by atoms with Crippen LogP contribution < -0.4 is 0 Å². The first-order chi connectivity index (χ1) is 9.36. The van der Waals surface area contributed by atoms with Gasteiger partial charge in [0.1, 0.15) is 12.4 Å². The van der Waals surface area contributed by atoms with E-state index in [0.717, 1.165) is 6.29 Å². The number of esters is 1. The van der Waals surface area contributed by atoms with E-state index < -0.39 is 29.7 Å². The zero-order chi connectivity index (χ0) is 14.7. The summed E-state index contributed by atoms with van der Waals surface area (Å²) in [6, 6.07) is 0. The Morgan fingerprint density at radius 3 is 2.85 bits per heavy atom. The van der Waals surface area contributed by atoms with Crippen molar-refractivity contribution in [1.29, 1.82) is 0 Å². The first-order valence-corrected chi connectivity index (χ1v) is 6.82. The lowest BCUT2D eigenvalue weighted by molar-refractivity contribution is -0.142. The largest absolute Gasteiger partial charge is 0.458 e. The van der Waals surface area contributed by atoms with E-state index in [1.54, 1.807) is 13.0 Å². The summed E-state index contributed by atoms with van der Waals surface area (Å²) in [7, 11) is 0. The lowest BCUT2D eigenvalue weighted by atomic mass is 9.76. The molecule has 1 saturated heterocycles. The molecule has 3 aliphatic rings. The normalized spacial score (nSPS) is 47.1. The summed E-state index contributed by atoms with van der Waals surface area (Å²) in [4.78, 5) is 23.0. The van der Waals surface area contributed by atoms with Crippen LogP contribution in [0.2, 0.25) is 0 Å². The molecule has 0 spiro atoms. The molecule has 2 unspecified atom stereocenters. The lowest BCUT2D eigenvalue weighted by Crippen LogP contribution is -2.40. The Kier molecular flexibility index (Phi) is 2.88. The molecule has 0 aromatic carbocycles. The maximum atomic E-state index is 11.7. The number of allylic oxidation sites excluding steroid dienone is 1. The molecule has 6 atom stereocenters. The summed E-state index contributed by atoms with van der Waals surface area (Å²) in [5.74, 6) is -1.67. The second kappa shape index (κ2) is 4.27. The number of aliphatic hydroxyl groups is 2. The minimum Gasteiger partial charge on any atom is -0.458 e. The van der Waals surface area contributed by atoms with Crippen LogP contribution in [0.3, 0.4) is 0 Å². The maximum Gasteiger partial charge on any atom is 0.334 e. The first kappa shape index (κ1) is 13.5. The zero-order valence-corrected chi connectivity index (χ0v) is 11.3. The van der Waals surface area contributed by atoms with Crippen molar-refractivity contribution in [3.8, 4) is 0 Å². The molecule has 1 saturated carbocycles. The highest BCUT2D eigenvalue weighted by Gasteiger charge is 2.58. The molecule has 5 heteroatoms. The summed E-state index contributed by atoms with van der Waals surface area (Å²) < 4.78 is 5.36. The smallest absolute Gasteiger partial charge is 0.334 e. The van der Waals surface area contributed by atoms with Crippen LogP contribution in [0.1, 0.15) is 19.8 Å². The Bertz CT molecular complexity index is 518. The van der Waals surface area contributed by atoms with Gasteiger partial charge in [-0.15, -0.1) is 0 Å². The third-order valence-corrected chi connectivity index (χ3v) is 5.01. The molecule has 0 bridgehead atoms. The van der Waals surface area contributed by atoms with Crippen molar-refractivity contribution in [2.75, 3.05) is 0 Å². The van der Waals surface area contributed by atoms with Gasteiger partial charge in [-0.05, 0) is 18.9 Å². The van der Waals surface area contributed by atoms with Crippen LogP contribution in [0.4, 0.5) is 0 Å². The van der Waals surface area contributed by atoms with Crippen molar-refractivity contribution >= 4 is 12.3 Å². The Morgan fingerprint density at radius 2 is 2.20 bits per heavy atom. The molecule has 108 valence electrons. The average molecular weight is 278 g/mol. The van der Waals surface area contributed by atoms with Crippen LogP contribution in [0, 0.1) is 17.8 Å². The highest BCUT2D eigenvalue weighted by atomic mass is 16.6. The average Bonchev–Trinajstić information content (AvgIpc) is 2.89. The van der Waals surface area contributed by atoms with E-state index >= 15 is 0 Å².